The summed E-state index contributed by atoms with van der Waals surface area (Å²) < 4.78 is 0. The van der Waals surface area contributed by atoms with Crippen LogP contribution in [0.1, 0.15) is 22.8 Å². The molecule has 2 N–H and O–H groups in total. The summed E-state index contributed by atoms with van der Waals surface area (Å²) >= 11 is 0. The molecule has 2 rings (SSSR count). The van der Waals surface area contributed by atoms with E-state index in [4.69, 9.17) is 0 Å². The van der Waals surface area contributed by atoms with E-state index in [1.54, 1.807) is 18.5 Å². The molecule has 0 unspecified atom stereocenters. The molecule has 0 radical (unpaired) electrons. The second kappa shape index (κ2) is 4.66. The lowest BCUT2D eigenvalue weighted by atomic mass is 10.1. The Bertz CT molecular complexity index is 457. The SMILES string of the molecule is CCc1ccc(NC(=O)c2cc[nH]c2)cc1. The molecule has 0 aliphatic rings. The average Bonchev–Trinajstić information content (AvgIpc) is 2.83. The van der Waals surface area contributed by atoms with Crippen LogP contribution in [0.2, 0.25) is 0 Å². The molecule has 1 aromatic heterocycles. The van der Waals surface area contributed by atoms with Crippen LogP contribution in [-0.4, -0.2) is 10.9 Å². The highest BCUT2D eigenvalue weighted by atomic mass is 16.1. The van der Waals surface area contributed by atoms with Gasteiger partial charge < -0.3 is 10.3 Å². The number of H-pyrrole nitrogens is 1. The maximum absolute atomic E-state index is 11.7. The predicted octanol–water partition coefficient (Wildman–Crippen LogP) is 2.83. The Morgan fingerprint density at radius 1 is 1.25 bits per heavy atom. The quantitative estimate of drug-likeness (QED) is 0.810. The maximum Gasteiger partial charge on any atom is 0.257 e. The first-order valence-electron chi connectivity index (χ1n) is 5.32. The number of hydrogen-bond donors (Lipinski definition) is 2. The molecule has 0 aliphatic heterocycles. The number of carbonyl (C=O) groups excluding carboxylic acids is 1. The van der Waals surface area contributed by atoms with E-state index in [-0.39, 0.29) is 5.91 Å². The van der Waals surface area contributed by atoms with Gasteiger partial charge in [0.25, 0.3) is 5.91 Å². The fourth-order valence-corrected chi connectivity index (χ4v) is 1.49. The molecule has 82 valence electrons. The highest BCUT2D eigenvalue weighted by Gasteiger charge is 2.05. The predicted molar refractivity (Wildman–Crippen MR) is 64.6 cm³/mol. The third kappa shape index (κ3) is 2.31. The van der Waals surface area contributed by atoms with Crippen molar-refractivity contribution < 1.29 is 4.79 Å². The van der Waals surface area contributed by atoms with Gasteiger partial charge in [0.05, 0.1) is 5.56 Å². The maximum atomic E-state index is 11.7. The van der Waals surface area contributed by atoms with Gasteiger partial charge in [-0.3, -0.25) is 4.79 Å². The molecule has 0 fully saturated rings. The molecular weight excluding hydrogens is 200 g/mol. The first-order valence-corrected chi connectivity index (χ1v) is 5.32. The minimum Gasteiger partial charge on any atom is -0.367 e. The molecule has 0 spiro atoms. The molecule has 0 saturated carbocycles. The Morgan fingerprint density at radius 2 is 2.00 bits per heavy atom. The molecule has 1 aromatic carbocycles. The second-order valence-electron chi connectivity index (χ2n) is 3.60. The average molecular weight is 214 g/mol. The van der Waals surface area contributed by atoms with Crippen molar-refractivity contribution in [2.45, 2.75) is 13.3 Å². The summed E-state index contributed by atoms with van der Waals surface area (Å²) in [4.78, 5) is 14.6. The van der Waals surface area contributed by atoms with Gasteiger partial charge in [-0.25, -0.2) is 0 Å². The van der Waals surface area contributed by atoms with E-state index >= 15 is 0 Å². The molecule has 0 aliphatic carbocycles. The summed E-state index contributed by atoms with van der Waals surface area (Å²) in [7, 11) is 0. The largest absolute Gasteiger partial charge is 0.367 e. The van der Waals surface area contributed by atoms with Crippen molar-refractivity contribution in [1.29, 1.82) is 0 Å². The van der Waals surface area contributed by atoms with Gasteiger partial charge in [0, 0.05) is 18.1 Å². The Balaban J connectivity index is 2.06. The Morgan fingerprint density at radius 3 is 2.56 bits per heavy atom. The molecule has 0 bridgehead atoms. The zero-order valence-electron chi connectivity index (χ0n) is 9.16. The van der Waals surface area contributed by atoms with Crippen molar-refractivity contribution in [3.8, 4) is 0 Å². The van der Waals surface area contributed by atoms with Crippen LogP contribution in [0, 0.1) is 0 Å². The van der Waals surface area contributed by atoms with Crippen LogP contribution in [0.15, 0.2) is 42.7 Å². The molecule has 1 amide bonds. The van der Waals surface area contributed by atoms with Crippen LogP contribution in [0.4, 0.5) is 5.69 Å². The van der Waals surface area contributed by atoms with Gasteiger partial charge in [-0.1, -0.05) is 19.1 Å². The number of anilines is 1. The van der Waals surface area contributed by atoms with Gasteiger partial charge in [0.15, 0.2) is 0 Å². The van der Waals surface area contributed by atoms with Gasteiger partial charge >= 0.3 is 0 Å². The van der Waals surface area contributed by atoms with Gasteiger partial charge in [-0.2, -0.15) is 0 Å². The third-order valence-corrected chi connectivity index (χ3v) is 2.48. The summed E-state index contributed by atoms with van der Waals surface area (Å²) in [6, 6.07) is 9.63. The number of aromatic amines is 1. The molecule has 0 atom stereocenters. The molecular formula is C13H14N2O. The van der Waals surface area contributed by atoms with E-state index in [0.29, 0.717) is 5.56 Å². The summed E-state index contributed by atoms with van der Waals surface area (Å²) in [6.07, 6.45) is 4.41. The van der Waals surface area contributed by atoms with Crippen LogP contribution in [-0.2, 0) is 6.42 Å². The van der Waals surface area contributed by atoms with Gasteiger partial charge in [0.2, 0.25) is 0 Å². The lowest BCUT2D eigenvalue weighted by Crippen LogP contribution is -2.10. The first-order chi connectivity index (χ1) is 7.79. The van der Waals surface area contributed by atoms with Crippen LogP contribution in [0.5, 0.6) is 0 Å². The van der Waals surface area contributed by atoms with Crippen LogP contribution >= 0.6 is 0 Å². The van der Waals surface area contributed by atoms with E-state index in [2.05, 4.69) is 17.2 Å². The smallest absolute Gasteiger partial charge is 0.257 e. The number of aromatic nitrogens is 1. The number of rotatable bonds is 3. The van der Waals surface area contributed by atoms with Crippen molar-refractivity contribution >= 4 is 11.6 Å². The number of nitrogens with one attached hydrogen (secondary N) is 2. The number of benzene rings is 1. The second-order valence-corrected chi connectivity index (χ2v) is 3.60. The van der Waals surface area contributed by atoms with Gasteiger partial charge in [0.1, 0.15) is 0 Å². The molecule has 2 aromatic rings. The zero-order valence-corrected chi connectivity index (χ0v) is 9.16. The number of carbonyl (C=O) groups is 1. The normalized spacial score (nSPS) is 10.1. The van der Waals surface area contributed by atoms with E-state index in [1.165, 1.54) is 5.56 Å². The fraction of sp³-hybridized carbons (Fsp3) is 0.154. The molecule has 3 nitrogen and oxygen atoms in total. The topological polar surface area (TPSA) is 44.9 Å². The Kier molecular flexibility index (Phi) is 3.05. The minimum atomic E-state index is -0.0921. The number of aryl methyl sites for hydroxylation is 1. The molecule has 3 heteroatoms. The fourth-order valence-electron chi connectivity index (χ4n) is 1.49. The Hall–Kier alpha value is -2.03. The number of hydrogen-bond acceptors (Lipinski definition) is 1. The standard InChI is InChI=1S/C13H14N2O/c1-2-10-3-5-12(6-4-10)15-13(16)11-7-8-14-9-11/h3-9,14H,2H2,1H3,(H,15,16). The summed E-state index contributed by atoms with van der Waals surface area (Å²) in [5, 5.41) is 2.84. The Labute approximate surface area is 94.5 Å². The van der Waals surface area contributed by atoms with Crippen LogP contribution in [0.25, 0.3) is 0 Å². The lowest BCUT2D eigenvalue weighted by Gasteiger charge is -2.04. The van der Waals surface area contributed by atoms with Gasteiger partial charge in [-0.05, 0) is 30.2 Å². The molecule has 16 heavy (non-hydrogen) atoms. The van der Waals surface area contributed by atoms with E-state index in [9.17, 15) is 4.79 Å². The van der Waals surface area contributed by atoms with Crippen molar-refractivity contribution in [1.82, 2.24) is 4.98 Å². The first kappa shape index (κ1) is 10.5. The van der Waals surface area contributed by atoms with Crippen molar-refractivity contribution in [3.63, 3.8) is 0 Å². The monoisotopic (exact) mass is 214 g/mol. The van der Waals surface area contributed by atoms with Crippen molar-refractivity contribution in [2.75, 3.05) is 5.32 Å². The minimum absolute atomic E-state index is 0.0921. The van der Waals surface area contributed by atoms with Crippen molar-refractivity contribution in [3.05, 3.63) is 53.9 Å². The highest BCUT2D eigenvalue weighted by molar-refractivity contribution is 6.04. The van der Waals surface area contributed by atoms with E-state index in [1.807, 2.05) is 24.3 Å². The molecule has 1 heterocycles. The van der Waals surface area contributed by atoms with Crippen LogP contribution in [0.3, 0.4) is 0 Å². The number of amides is 1. The highest BCUT2D eigenvalue weighted by Crippen LogP contribution is 2.11. The van der Waals surface area contributed by atoms with E-state index < -0.39 is 0 Å². The van der Waals surface area contributed by atoms with Crippen molar-refractivity contribution in [2.24, 2.45) is 0 Å². The summed E-state index contributed by atoms with van der Waals surface area (Å²) in [5.41, 5.74) is 2.72. The zero-order chi connectivity index (χ0) is 11.4. The van der Waals surface area contributed by atoms with Gasteiger partial charge in [-0.15, -0.1) is 0 Å². The summed E-state index contributed by atoms with van der Waals surface area (Å²) in [5.74, 6) is -0.0921. The molecule has 0 saturated heterocycles. The lowest BCUT2D eigenvalue weighted by molar-refractivity contribution is 0.102. The van der Waals surface area contributed by atoms with Crippen LogP contribution < -0.4 is 5.32 Å². The summed E-state index contributed by atoms with van der Waals surface area (Å²) in [6.45, 7) is 2.10. The van der Waals surface area contributed by atoms with E-state index in [0.717, 1.165) is 12.1 Å². The third-order valence-electron chi connectivity index (χ3n) is 2.48.